The lowest BCUT2D eigenvalue weighted by Crippen LogP contribution is -2.60. The number of likely N-dealkylation sites (tertiary alicyclic amines) is 1. The van der Waals surface area contributed by atoms with Gasteiger partial charge in [-0.3, -0.25) is 0 Å². The van der Waals surface area contributed by atoms with Crippen LogP contribution in [0.25, 0.3) is 0 Å². The highest BCUT2D eigenvalue weighted by Crippen LogP contribution is 2.19. The number of phenolic OH excluding ortho intramolecular Hbond substituents is 1. The number of nitrogens with one attached hydrogen (secondary N) is 1. The molecule has 0 bridgehead atoms. The van der Waals surface area contributed by atoms with Gasteiger partial charge in [-0.15, -0.1) is 0 Å². The van der Waals surface area contributed by atoms with Gasteiger partial charge < -0.3 is 20.1 Å². The SMILES string of the molecule is CC(C)(C)OC(=O)N1CC(NCc2cc(F)ccc2O)C1. The molecule has 0 unspecified atom stereocenters. The third kappa shape index (κ3) is 4.32. The van der Waals surface area contributed by atoms with Gasteiger partial charge in [-0.1, -0.05) is 0 Å². The van der Waals surface area contributed by atoms with E-state index in [0.29, 0.717) is 25.2 Å². The maximum absolute atomic E-state index is 13.1. The average Bonchev–Trinajstić information content (AvgIpc) is 2.29. The van der Waals surface area contributed by atoms with Crippen molar-refractivity contribution in [2.75, 3.05) is 13.1 Å². The fraction of sp³-hybridized carbons (Fsp3) is 0.533. The largest absolute Gasteiger partial charge is 0.508 e. The zero-order valence-electron chi connectivity index (χ0n) is 12.5. The standard InChI is InChI=1S/C15H21FN2O3/c1-15(2,3)21-14(20)18-8-12(9-18)17-7-10-6-11(16)4-5-13(10)19/h4-6,12,17,19H,7-9H2,1-3H3. The molecule has 116 valence electrons. The maximum atomic E-state index is 13.1. The van der Waals surface area contributed by atoms with E-state index in [9.17, 15) is 14.3 Å². The maximum Gasteiger partial charge on any atom is 0.410 e. The van der Waals surface area contributed by atoms with Crippen LogP contribution < -0.4 is 5.32 Å². The van der Waals surface area contributed by atoms with Crippen molar-refractivity contribution in [2.24, 2.45) is 0 Å². The summed E-state index contributed by atoms with van der Waals surface area (Å²) in [6.45, 7) is 6.93. The molecular formula is C15H21FN2O3. The van der Waals surface area contributed by atoms with E-state index in [-0.39, 0.29) is 23.7 Å². The van der Waals surface area contributed by atoms with E-state index in [0.717, 1.165) is 0 Å². The Hall–Kier alpha value is -1.82. The van der Waals surface area contributed by atoms with Crippen molar-refractivity contribution in [3.05, 3.63) is 29.6 Å². The van der Waals surface area contributed by atoms with Gasteiger partial charge in [0.1, 0.15) is 17.2 Å². The fourth-order valence-electron chi connectivity index (χ4n) is 2.03. The average molecular weight is 296 g/mol. The van der Waals surface area contributed by atoms with Gasteiger partial charge in [0, 0.05) is 31.2 Å². The lowest BCUT2D eigenvalue weighted by Gasteiger charge is -2.40. The van der Waals surface area contributed by atoms with Crippen molar-refractivity contribution in [2.45, 2.75) is 39.0 Å². The summed E-state index contributed by atoms with van der Waals surface area (Å²) in [6, 6.07) is 3.97. The third-order valence-electron chi connectivity index (χ3n) is 3.16. The van der Waals surface area contributed by atoms with Gasteiger partial charge in [0.25, 0.3) is 0 Å². The smallest absolute Gasteiger partial charge is 0.410 e. The summed E-state index contributed by atoms with van der Waals surface area (Å²) in [5.74, 6) is -0.319. The summed E-state index contributed by atoms with van der Waals surface area (Å²) in [5, 5.41) is 12.8. The molecule has 0 radical (unpaired) electrons. The van der Waals surface area contributed by atoms with Crippen LogP contribution in [0.3, 0.4) is 0 Å². The highest BCUT2D eigenvalue weighted by Gasteiger charge is 2.33. The summed E-state index contributed by atoms with van der Waals surface area (Å²) in [7, 11) is 0. The second-order valence-electron chi connectivity index (χ2n) is 6.24. The highest BCUT2D eigenvalue weighted by molar-refractivity contribution is 5.69. The Balaban J connectivity index is 1.76. The molecule has 1 heterocycles. The Kier molecular flexibility index (Phi) is 4.37. The molecule has 1 aliphatic rings. The van der Waals surface area contributed by atoms with E-state index in [1.54, 1.807) is 4.90 Å². The van der Waals surface area contributed by atoms with Crippen LogP contribution in [0.4, 0.5) is 9.18 Å². The van der Waals surface area contributed by atoms with E-state index in [2.05, 4.69) is 5.32 Å². The predicted octanol–water partition coefficient (Wildman–Crippen LogP) is 2.24. The Labute approximate surface area is 123 Å². The Morgan fingerprint density at radius 1 is 1.48 bits per heavy atom. The lowest BCUT2D eigenvalue weighted by atomic mass is 10.1. The number of rotatable bonds is 3. The molecule has 0 aliphatic carbocycles. The summed E-state index contributed by atoms with van der Waals surface area (Å²) in [5.41, 5.74) is 0.00822. The molecule has 1 saturated heterocycles. The van der Waals surface area contributed by atoms with Crippen LogP contribution in [-0.4, -0.2) is 40.8 Å². The van der Waals surface area contributed by atoms with Crippen LogP contribution in [0.15, 0.2) is 18.2 Å². The molecule has 2 rings (SSSR count). The third-order valence-corrected chi connectivity index (χ3v) is 3.16. The number of carbonyl (C=O) groups is 1. The van der Waals surface area contributed by atoms with Gasteiger partial charge >= 0.3 is 6.09 Å². The molecule has 0 atom stereocenters. The fourth-order valence-corrected chi connectivity index (χ4v) is 2.03. The minimum atomic E-state index is -0.497. The number of ether oxygens (including phenoxy) is 1. The Morgan fingerprint density at radius 2 is 2.14 bits per heavy atom. The molecule has 0 spiro atoms. The molecule has 1 aromatic carbocycles. The van der Waals surface area contributed by atoms with Crippen molar-refractivity contribution in [3.63, 3.8) is 0 Å². The van der Waals surface area contributed by atoms with E-state index in [4.69, 9.17) is 4.74 Å². The second-order valence-corrected chi connectivity index (χ2v) is 6.24. The molecule has 2 N–H and O–H groups in total. The number of hydrogen-bond acceptors (Lipinski definition) is 4. The molecule has 21 heavy (non-hydrogen) atoms. The second kappa shape index (κ2) is 5.89. The van der Waals surface area contributed by atoms with Crippen LogP contribution in [-0.2, 0) is 11.3 Å². The monoisotopic (exact) mass is 296 g/mol. The van der Waals surface area contributed by atoms with Crippen molar-refractivity contribution in [3.8, 4) is 5.75 Å². The van der Waals surface area contributed by atoms with Crippen molar-refractivity contribution < 1.29 is 19.0 Å². The Bertz CT molecular complexity index is 522. The molecule has 1 aliphatic heterocycles. The molecule has 0 saturated carbocycles. The molecule has 1 amide bonds. The minimum absolute atomic E-state index is 0.0622. The number of halogens is 1. The summed E-state index contributed by atoms with van der Waals surface area (Å²) in [6.07, 6.45) is -0.325. The molecule has 1 fully saturated rings. The van der Waals surface area contributed by atoms with Crippen LogP contribution in [0.5, 0.6) is 5.75 Å². The first-order valence-electron chi connectivity index (χ1n) is 6.93. The van der Waals surface area contributed by atoms with Crippen LogP contribution in [0, 0.1) is 5.82 Å². The highest BCUT2D eigenvalue weighted by atomic mass is 19.1. The lowest BCUT2D eigenvalue weighted by molar-refractivity contribution is 0.00516. The van der Waals surface area contributed by atoms with E-state index in [1.165, 1.54) is 18.2 Å². The van der Waals surface area contributed by atoms with E-state index < -0.39 is 5.60 Å². The number of aromatic hydroxyl groups is 1. The molecule has 0 aromatic heterocycles. The molecule has 1 aromatic rings. The minimum Gasteiger partial charge on any atom is -0.508 e. The molecular weight excluding hydrogens is 275 g/mol. The first-order valence-corrected chi connectivity index (χ1v) is 6.93. The molecule has 6 heteroatoms. The van der Waals surface area contributed by atoms with E-state index >= 15 is 0 Å². The molecule has 5 nitrogen and oxygen atoms in total. The summed E-state index contributed by atoms with van der Waals surface area (Å²) in [4.78, 5) is 13.4. The van der Waals surface area contributed by atoms with Gasteiger partial charge in [0.05, 0.1) is 0 Å². The van der Waals surface area contributed by atoms with E-state index in [1.807, 2.05) is 20.8 Å². The van der Waals surface area contributed by atoms with Gasteiger partial charge in [0.15, 0.2) is 0 Å². The first-order chi connectivity index (χ1) is 9.74. The summed E-state index contributed by atoms with van der Waals surface area (Å²) < 4.78 is 18.3. The zero-order chi connectivity index (χ0) is 15.6. The number of hydrogen-bond donors (Lipinski definition) is 2. The van der Waals surface area contributed by atoms with Crippen molar-refractivity contribution in [1.29, 1.82) is 0 Å². The Morgan fingerprint density at radius 3 is 2.76 bits per heavy atom. The normalized spacial score (nSPS) is 15.7. The first kappa shape index (κ1) is 15.6. The van der Waals surface area contributed by atoms with Gasteiger partial charge in [0.2, 0.25) is 0 Å². The number of nitrogens with zero attached hydrogens (tertiary/aromatic N) is 1. The van der Waals surface area contributed by atoms with Crippen molar-refractivity contribution >= 4 is 6.09 Å². The van der Waals surface area contributed by atoms with Gasteiger partial charge in [-0.05, 0) is 39.0 Å². The van der Waals surface area contributed by atoms with Crippen LogP contribution >= 0.6 is 0 Å². The number of benzene rings is 1. The zero-order valence-corrected chi connectivity index (χ0v) is 12.5. The number of amides is 1. The number of phenols is 1. The van der Waals surface area contributed by atoms with Gasteiger partial charge in [-0.2, -0.15) is 0 Å². The number of carbonyl (C=O) groups excluding carboxylic acids is 1. The van der Waals surface area contributed by atoms with Crippen LogP contribution in [0.1, 0.15) is 26.3 Å². The van der Waals surface area contributed by atoms with Crippen molar-refractivity contribution in [1.82, 2.24) is 10.2 Å². The topological polar surface area (TPSA) is 61.8 Å². The quantitative estimate of drug-likeness (QED) is 0.898. The summed E-state index contributed by atoms with van der Waals surface area (Å²) >= 11 is 0. The predicted molar refractivity (Wildman–Crippen MR) is 76.5 cm³/mol. The van der Waals surface area contributed by atoms with Gasteiger partial charge in [-0.25, -0.2) is 9.18 Å². The van der Waals surface area contributed by atoms with Crippen LogP contribution in [0.2, 0.25) is 0 Å².